The maximum Gasteiger partial charge on any atom is 0.315 e. The smallest absolute Gasteiger partial charge is 0.315 e. The maximum atomic E-state index is 12.2. The summed E-state index contributed by atoms with van der Waals surface area (Å²) in [6, 6.07) is 0. The summed E-state index contributed by atoms with van der Waals surface area (Å²) in [6.07, 6.45) is 3.39. The average Bonchev–Trinajstić information content (AvgIpc) is 2.27. The number of rotatable bonds is 2. The summed E-state index contributed by atoms with van der Waals surface area (Å²) in [5, 5.41) is 0. The van der Waals surface area contributed by atoms with Gasteiger partial charge in [-0.25, -0.2) is 4.79 Å². The lowest BCUT2D eigenvalue weighted by Gasteiger charge is -2.29. The summed E-state index contributed by atoms with van der Waals surface area (Å²) in [5.74, 6) is 0.392. The van der Waals surface area contributed by atoms with Gasteiger partial charge in [0, 0.05) is 7.11 Å². The molecule has 3 nitrogen and oxygen atoms in total. The van der Waals surface area contributed by atoms with Gasteiger partial charge in [0.25, 0.3) is 0 Å². The van der Waals surface area contributed by atoms with Gasteiger partial charge in [-0.3, -0.25) is 4.48 Å². The van der Waals surface area contributed by atoms with Gasteiger partial charge in [0.1, 0.15) is 0 Å². The molecular weight excluding hydrogens is 194 g/mol. The molecule has 0 aromatic rings. The normalized spacial score (nSPS) is 29.7. The Morgan fingerprint density at radius 1 is 1.43 bits per heavy atom. The minimum atomic E-state index is -1.30. The summed E-state index contributed by atoms with van der Waals surface area (Å²) in [6.45, 7) is 3.12. The van der Waals surface area contributed by atoms with Crippen molar-refractivity contribution in [2.75, 3.05) is 27.7 Å². The van der Waals surface area contributed by atoms with Gasteiger partial charge in [-0.15, -0.1) is 0 Å². The van der Waals surface area contributed by atoms with Gasteiger partial charge < -0.3 is 4.43 Å². The van der Waals surface area contributed by atoms with Crippen LogP contribution in [0.25, 0.3) is 0 Å². The van der Waals surface area contributed by atoms with Crippen molar-refractivity contribution in [3.8, 4) is 0 Å². The Labute approximate surface area is 88.4 Å². The molecule has 2 atom stereocenters. The third-order valence-electron chi connectivity index (χ3n) is 3.33. The van der Waals surface area contributed by atoms with Crippen LogP contribution in [-0.4, -0.2) is 47.2 Å². The van der Waals surface area contributed by atoms with E-state index in [2.05, 4.69) is 6.55 Å². The summed E-state index contributed by atoms with van der Waals surface area (Å²) in [5.41, 5.74) is 0.220. The third kappa shape index (κ3) is 2.43. The Morgan fingerprint density at radius 2 is 2.07 bits per heavy atom. The van der Waals surface area contributed by atoms with E-state index in [1.54, 1.807) is 7.11 Å². The highest BCUT2D eigenvalue weighted by Gasteiger charge is 2.39. The van der Waals surface area contributed by atoms with Crippen LogP contribution >= 0.6 is 0 Å². The molecule has 2 unspecified atom stereocenters. The lowest BCUT2D eigenvalue weighted by Crippen LogP contribution is -2.49. The number of carbonyl (C=O) groups is 1. The summed E-state index contributed by atoms with van der Waals surface area (Å²) in [7, 11) is 4.50. The molecule has 0 aromatic heterocycles. The van der Waals surface area contributed by atoms with Crippen LogP contribution in [-0.2, 0) is 9.22 Å². The number of likely N-dealkylation sites (tertiary alicyclic amines) is 1. The molecule has 0 radical (unpaired) electrons. The first-order valence-corrected chi connectivity index (χ1v) is 7.68. The van der Waals surface area contributed by atoms with Gasteiger partial charge in [0.15, 0.2) is 9.04 Å². The number of quaternary nitrogens is 1. The Bertz CT molecular complexity index is 218. The molecule has 1 saturated heterocycles. The van der Waals surface area contributed by atoms with Gasteiger partial charge in [-0.1, -0.05) is 0 Å². The monoisotopic (exact) mass is 216 g/mol. The molecule has 1 amide bonds. The molecule has 0 saturated carbocycles. The first-order chi connectivity index (χ1) is 6.49. The van der Waals surface area contributed by atoms with E-state index >= 15 is 0 Å². The number of hydrogen-bond acceptors (Lipinski definition) is 2. The first kappa shape index (κ1) is 11.9. The highest BCUT2D eigenvalue weighted by atomic mass is 28.3. The van der Waals surface area contributed by atoms with Crippen molar-refractivity contribution in [1.29, 1.82) is 0 Å². The zero-order valence-corrected chi connectivity index (χ0v) is 10.9. The SMILES string of the molecule is CO[SiH](C)C1CCCC[N+](C)(C)C1=O. The van der Waals surface area contributed by atoms with Crippen LogP contribution in [0.4, 0.5) is 0 Å². The van der Waals surface area contributed by atoms with Crippen LogP contribution in [0.15, 0.2) is 0 Å². The molecule has 1 heterocycles. The molecule has 1 fully saturated rings. The number of carbonyl (C=O) groups excluding carboxylic acids is 1. The molecule has 1 aliphatic heterocycles. The molecular formula is C10H22NO2Si+. The van der Waals surface area contributed by atoms with E-state index in [0.29, 0.717) is 10.4 Å². The van der Waals surface area contributed by atoms with E-state index in [0.717, 1.165) is 13.0 Å². The average molecular weight is 216 g/mol. The van der Waals surface area contributed by atoms with Crippen LogP contribution in [0.1, 0.15) is 19.3 Å². The topological polar surface area (TPSA) is 26.3 Å². The predicted molar refractivity (Wildman–Crippen MR) is 59.6 cm³/mol. The van der Waals surface area contributed by atoms with E-state index in [1.165, 1.54) is 12.8 Å². The van der Waals surface area contributed by atoms with Crippen LogP contribution < -0.4 is 0 Å². The quantitative estimate of drug-likeness (QED) is 0.511. The number of amides is 1. The number of hydrogen-bond donors (Lipinski definition) is 0. The Balaban J connectivity index is 2.79. The molecule has 0 bridgehead atoms. The Hall–Kier alpha value is -0.193. The second-order valence-electron chi connectivity index (χ2n) is 4.79. The van der Waals surface area contributed by atoms with Gasteiger partial charge in [0.05, 0.1) is 26.2 Å². The van der Waals surface area contributed by atoms with E-state index < -0.39 is 9.04 Å². The molecule has 4 heteroatoms. The van der Waals surface area contributed by atoms with Gasteiger partial charge in [-0.2, -0.15) is 0 Å². The van der Waals surface area contributed by atoms with Crippen LogP contribution in [0, 0.1) is 0 Å². The molecule has 14 heavy (non-hydrogen) atoms. The highest BCUT2D eigenvalue weighted by molar-refractivity contribution is 6.56. The van der Waals surface area contributed by atoms with Crippen LogP contribution in [0.2, 0.25) is 12.1 Å². The van der Waals surface area contributed by atoms with Crippen molar-refractivity contribution in [3.63, 3.8) is 0 Å². The zero-order valence-electron chi connectivity index (χ0n) is 9.75. The fourth-order valence-electron chi connectivity index (χ4n) is 2.15. The van der Waals surface area contributed by atoms with Crippen molar-refractivity contribution in [1.82, 2.24) is 0 Å². The molecule has 0 aromatic carbocycles. The van der Waals surface area contributed by atoms with E-state index in [-0.39, 0.29) is 5.54 Å². The zero-order chi connectivity index (χ0) is 10.8. The second kappa shape index (κ2) is 4.55. The van der Waals surface area contributed by atoms with E-state index in [1.807, 2.05) is 14.1 Å². The Kier molecular flexibility index (Phi) is 3.86. The van der Waals surface area contributed by atoms with Crippen LogP contribution in [0.3, 0.4) is 0 Å². The van der Waals surface area contributed by atoms with Gasteiger partial charge in [0.2, 0.25) is 0 Å². The van der Waals surface area contributed by atoms with Crippen molar-refractivity contribution in [3.05, 3.63) is 0 Å². The van der Waals surface area contributed by atoms with E-state index in [4.69, 9.17) is 4.43 Å². The highest BCUT2D eigenvalue weighted by Crippen LogP contribution is 2.28. The molecule has 1 rings (SSSR count). The van der Waals surface area contributed by atoms with Crippen molar-refractivity contribution in [2.45, 2.75) is 31.4 Å². The second-order valence-corrected chi connectivity index (χ2v) is 7.48. The molecule has 0 N–H and O–H groups in total. The van der Waals surface area contributed by atoms with E-state index in [9.17, 15) is 4.79 Å². The first-order valence-electron chi connectivity index (χ1n) is 5.39. The van der Waals surface area contributed by atoms with Crippen molar-refractivity contribution >= 4 is 14.9 Å². The molecule has 82 valence electrons. The summed E-state index contributed by atoms with van der Waals surface area (Å²) in [4.78, 5) is 12.2. The largest absolute Gasteiger partial charge is 0.422 e. The summed E-state index contributed by atoms with van der Waals surface area (Å²) >= 11 is 0. The minimum absolute atomic E-state index is 0.220. The van der Waals surface area contributed by atoms with Gasteiger partial charge in [-0.05, 0) is 25.8 Å². The molecule has 1 aliphatic rings. The molecule has 0 aliphatic carbocycles. The van der Waals surface area contributed by atoms with Gasteiger partial charge >= 0.3 is 5.91 Å². The fourth-order valence-corrected chi connectivity index (χ4v) is 3.99. The molecule has 0 spiro atoms. The van der Waals surface area contributed by atoms with Crippen molar-refractivity contribution < 1.29 is 13.7 Å². The third-order valence-corrected chi connectivity index (χ3v) is 5.83. The summed E-state index contributed by atoms with van der Waals surface area (Å²) < 4.78 is 5.96. The lowest BCUT2D eigenvalue weighted by molar-refractivity contribution is -0.813. The maximum absolute atomic E-state index is 12.2. The number of nitrogens with zero attached hydrogens (tertiary/aromatic N) is 1. The van der Waals surface area contributed by atoms with Crippen LogP contribution in [0.5, 0.6) is 0 Å². The van der Waals surface area contributed by atoms with Crippen molar-refractivity contribution in [2.24, 2.45) is 0 Å². The minimum Gasteiger partial charge on any atom is -0.422 e. The predicted octanol–water partition coefficient (Wildman–Crippen LogP) is 1.14. The lowest BCUT2D eigenvalue weighted by atomic mass is 10.2. The Morgan fingerprint density at radius 3 is 2.64 bits per heavy atom. The standard InChI is InChI=1S/C10H22NO2Si/c1-11(2)8-6-5-7-9(10(11)12)14(4)13-3/h9,14H,5-8H2,1-4H3/q+1. The fraction of sp³-hybridized carbons (Fsp3) is 0.900.